The van der Waals surface area contributed by atoms with Gasteiger partial charge in [0.05, 0.1) is 12.8 Å². The molecule has 1 aromatic carbocycles. The first-order valence-electron chi connectivity index (χ1n) is 4.88. The Morgan fingerprint density at radius 3 is 2.83 bits per heavy atom. The van der Waals surface area contributed by atoms with Crippen molar-refractivity contribution in [2.45, 2.75) is 0 Å². The van der Waals surface area contributed by atoms with Crippen molar-refractivity contribution in [3.8, 4) is 11.5 Å². The van der Waals surface area contributed by atoms with Gasteiger partial charge in [-0.15, -0.1) is 0 Å². The number of nitrogens with zero attached hydrogens (tertiary/aromatic N) is 2. The fraction of sp³-hybridized carbons (Fsp3) is 0.100. The van der Waals surface area contributed by atoms with Gasteiger partial charge in [-0.3, -0.25) is 4.79 Å². The van der Waals surface area contributed by atoms with Gasteiger partial charge in [-0.05, 0) is 22.4 Å². The molecule has 0 unspecified atom stereocenters. The van der Waals surface area contributed by atoms with E-state index in [1.807, 2.05) is 0 Å². The normalized spacial score (nSPS) is 10.1. The molecule has 8 nitrogen and oxygen atoms in total. The summed E-state index contributed by atoms with van der Waals surface area (Å²) in [4.78, 5) is 11.7. The number of phenolic OH excluding ortho intramolecular Hbond substituents is 1. The van der Waals surface area contributed by atoms with Gasteiger partial charge in [-0.25, -0.2) is 4.63 Å². The van der Waals surface area contributed by atoms with E-state index < -0.39 is 5.91 Å². The lowest BCUT2D eigenvalue weighted by atomic mass is 10.2. The number of aromatic nitrogens is 2. The van der Waals surface area contributed by atoms with E-state index in [1.54, 1.807) is 6.07 Å². The molecule has 0 bridgehead atoms. The van der Waals surface area contributed by atoms with E-state index in [4.69, 9.17) is 10.5 Å². The van der Waals surface area contributed by atoms with Crippen molar-refractivity contribution < 1.29 is 19.3 Å². The molecule has 0 aliphatic rings. The van der Waals surface area contributed by atoms with E-state index in [2.05, 4.69) is 20.3 Å². The number of nitrogen functional groups attached to an aromatic ring is 1. The van der Waals surface area contributed by atoms with Gasteiger partial charge in [0.1, 0.15) is 11.5 Å². The summed E-state index contributed by atoms with van der Waals surface area (Å²) in [6, 6.07) is 4.43. The van der Waals surface area contributed by atoms with Crippen molar-refractivity contribution in [3.05, 3.63) is 23.9 Å². The fourth-order valence-electron chi connectivity index (χ4n) is 1.28. The quantitative estimate of drug-likeness (QED) is 0.682. The molecule has 0 aliphatic carbocycles. The molecule has 94 valence electrons. The van der Waals surface area contributed by atoms with Crippen molar-refractivity contribution in [3.63, 3.8) is 0 Å². The zero-order valence-corrected chi connectivity index (χ0v) is 9.38. The second-order valence-electron chi connectivity index (χ2n) is 3.34. The summed E-state index contributed by atoms with van der Waals surface area (Å²) in [5.74, 6) is -0.430. The lowest BCUT2D eigenvalue weighted by Gasteiger charge is -2.07. The van der Waals surface area contributed by atoms with Crippen LogP contribution in [0.2, 0.25) is 0 Å². The summed E-state index contributed by atoms with van der Waals surface area (Å²) in [6.45, 7) is 0. The van der Waals surface area contributed by atoms with Gasteiger partial charge in [0.2, 0.25) is 11.5 Å². The third-order valence-corrected chi connectivity index (χ3v) is 2.18. The van der Waals surface area contributed by atoms with Gasteiger partial charge >= 0.3 is 0 Å². The number of ether oxygens (including phenoxy) is 1. The molecule has 0 atom stereocenters. The molecular formula is C10H10N4O4. The monoisotopic (exact) mass is 250 g/mol. The first-order chi connectivity index (χ1) is 8.61. The Balaban J connectivity index is 2.20. The van der Waals surface area contributed by atoms with E-state index in [1.165, 1.54) is 19.2 Å². The molecular weight excluding hydrogens is 240 g/mol. The highest BCUT2D eigenvalue weighted by molar-refractivity contribution is 6.06. The predicted molar refractivity (Wildman–Crippen MR) is 61.3 cm³/mol. The number of nitrogens with one attached hydrogen (secondary N) is 1. The fourth-order valence-corrected chi connectivity index (χ4v) is 1.28. The number of anilines is 2. The summed E-state index contributed by atoms with van der Waals surface area (Å²) >= 11 is 0. The Kier molecular flexibility index (Phi) is 3.00. The number of nitrogens with two attached hydrogens (primary N) is 1. The minimum atomic E-state index is -0.630. The van der Waals surface area contributed by atoms with Gasteiger partial charge in [0, 0.05) is 6.07 Å². The molecule has 1 amide bonds. The molecule has 0 aliphatic heterocycles. The van der Waals surface area contributed by atoms with Crippen LogP contribution in [0.25, 0.3) is 0 Å². The highest BCUT2D eigenvalue weighted by atomic mass is 16.6. The van der Waals surface area contributed by atoms with E-state index in [0.717, 1.165) is 0 Å². The largest absolute Gasteiger partial charge is 0.506 e. The molecule has 2 aromatic rings. The predicted octanol–water partition coefficient (Wildman–Crippen LogP) is 0.618. The lowest BCUT2D eigenvalue weighted by Crippen LogP contribution is -2.14. The standard InChI is InChI=1S/C10H10N4O4/c1-17-5-2-3-6(7(15)4-5)12-10(16)8-9(11)14-18-13-8/h2-4,15H,1H3,(H2,11,14)(H,12,16). The molecule has 1 aromatic heterocycles. The zero-order chi connectivity index (χ0) is 13.1. The molecule has 0 saturated carbocycles. The Bertz CT molecular complexity index is 581. The van der Waals surface area contributed by atoms with E-state index in [9.17, 15) is 9.90 Å². The van der Waals surface area contributed by atoms with Crippen molar-refractivity contribution >= 4 is 17.4 Å². The number of benzene rings is 1. The summed E-state index contributed by atoms with van der Waals surface area (Å²) in [7, 11) is 1.47. The zero-order valence-electron chi connectivity index (χ0n) is 9.38. The number of phenols is 1. The summed E-state index contributed by atoms with van der Waals surface area (Å²) in [5, 5.41) is 18.7. The Hall–Kier alpha value is -2.77. The minimum Gasteiger partial charge on any atom is -0.506 e. The summed E-state index contributed by atoms with van der Waals surface area (Å²) in [5.41, 5.74) is 5.42. The number of carbonyl (C=O) groups excluding carboxylic acids is 1. The van der Waals surface area contributed by atoms with Crippen LogP contribution in [0, 0.1) is 0 Å². The van der Waals surface area contributed by atoms with Crippen LogP contribution >= 0.6 is 0 Å². The van der Waals surface area contributed by atoms with Crippen molar-refractivity contribution in [2.24, 2.45) is 0 Å². The van der Waals surface area contributed by atoms with Crippen LogP contribution < -0.4 is 15.8 Å². The number of rotatable bonds is 3. The van der Waals surface area contributed by atoms with Crippen molar-refractivity contribution in [1.29, 1.82) is 0 Å². The van der Waals surface area contributed by atoms with Crippen LogP contribution in [-0.2, 0) is 0 Å². The van der Waals surface area contributed by atoms with Gasteiger partial charge in [-0.1, -0.05) is 0 Å². The molecule has 0 spiro atoms. The van der Waals surface area contributed by atoms with Gasteiger partial charge in [0.15, 0.2) is 0 Å². The molecule has 0 radical (unpaired) electrons. The van der Waals surface area contributed by atoms with E-state index in [0.29, 0.717) is 5.75 Å². The highest BCUT2D eigenvalue weighted by Gasteiger charge is 2.17. The number of hydrogen-bond acceptors (Lipinski definition) is 7. The average Bonchev–Trinajstić information content (AvgIpc) is 2.78. The SMILES string of the molecule is COc1ccc(NC(=O)c2nonc2N)c(O)c1. The van der Waals surface area contributed by atoms with E-state index >= 15 is 0 Å². The van der Waals surface area contributed by atoms with Crippen LogP contribution in [0.4, 0.5) is 11.5 Å². The second-order valence-corrected chi connectivity index (χ2v) is 3.34. The molecule has 1 heterocycles. The molecule has 18 heavy (non-hydrogen) atoms. The van der Waals surface area contributed by atoms with E-state index in [-0.39, 0.29) is 22.9 Å². The maximum absolute atomic E-state index is 11.7. The molecule has 4 N–H and O–H groups in total. The van der Waals surface area contributed by atoms with Crippen molar-refractivity contribution in [2.75, 3.05) is 18.2 Å². The number of carbonyl (C=O) groups is 1. The number of amides is 1. The first kappa shape index (κ1) is 11.7. The topological polar surface area (TPSA) is 124 Å². The number of methoxy groups -OCH3 is 1. The Morgan fingerprint density at radius 2 is 2.28 bits per heavy atom. The van der Waals surface area contributed by atoms with Gasteiger partial charge < -0.3 is 20.9 Å². The first-order valence-corrected chi connectivity index (χ1v) is 4.88. The molecule has 8 heteroatoms. The molecule has 0 saturated heterocycles. The highest BCUT2D eigenvalue weighted by Crippen LogP contribution is 2.28. The molecule has 2 rings (SSSR count). The van der Waals surface area contributed by atoms with Gasteiger partial charge in [0.25, 0.3) is 5.91 Å². The van der Waals surface area contributed by atoms with Crippen LogP contribution in [0.1, 0.15) is 10.5 Å². The van der Waals surface area contributed by atoms with Crippen molar-refractivity contribution in [1.82, 2.24) is 10.3 Å². The van der Waals surface area contributed by atoms with Crippen LogP contribution in [0.15, 0.2) is 22.8 Å². The second kappa shape index (κ2) is 4.62. The van der Waals surface area contributed by atoms with Crippen LogP contribution in [-0.4, -0.2) is 28.4 Å². The Morgan fingerprint density at radius 1 is 1.50 bits per heavy atom. The number of hydrogen-bond donors (Lipinski definition) is 3. The average molecular weight is 250 g/mol. The maximum atomic E-state index is 11.7. The van der Waals surface area contributed by atoms with Crippen LogP contribution in [0.3, 0.4) is 0 Å². The Labute approximate surface area is 101 Å². The summed E-state index contributed by atoms with van der Waals surface area (Å²) < 4.78 is 9.22. The smallest absolute Gasteiger partial charge is 0.281 e. The van der Waals surface area contributed by atoms with Crippen LogP contribution in [0.5, 0.6) is 11.5 Å². The third-order valence-electron chi connectivity index (χ3n) is 2.18. The number of aromatic hydroxyl groups is 1. The third kappa shape index (κ3) is 2.17. The lowest BCUT2D eigenvalue weighted by molar-refractivity contribution is 0.101. The minimum absolute atomic E-state index is 0.125. The molecule has 0 fully saturated rings. The maximum Gasteiger partial charge on any atom is 0.281 e. The summed E-state index contributed by atoms with van der Waals surface area (Å²) in [6.07, 6.45) is 0. The van der Waals surface area contributed by atoms with Gasteiger partial charge in [-0.2, -0.15) is 0 Å².